The summed E-state index contributed by atoms with van der Waals surface area (Å²) >= 11 is 0. The third-order valence-corrected chi connectivity index (χ3v) is 15.0. The number of allylic oxidation sites excluding steroid dienone is 21. The molecule has 0 fully saturated rings. The molecular weight excluding hydrogens is 1050 g/mol. The SMILES string of the molecule is CC/C=C\C/C=C\C/C=C\C/C=C\C/C=C\C/C=C\CCCCC(=O)NC(COP(=O)([O-])OCC[N+](C)(C)C)C(/C=C/CCCCCCCCCCCCC)OC(=O)CCCCCCCCC/C=C\C/C=C\C/C=C\C/C=C\CCCCC. The van der Waals surface area contributed by atoms with E-state index in [0.29, 0.717) is 23.9 Å². The highest BCUT2D eigenvalue weighted by Crippen LogP contribution is 2.38. The van der Waals surface area contributed by atoms with Gasteiger partial charge in [0.1, 0.15) is 19.3 Å². The molecule has 3 atom stereocenters. The molecule has 0 rings (SSSR count). The number of esters is 1. The molecule has 0 radical (unpaired) electrons. The van der Waals surface area contributed by atoms with Gasteiger partial charge in [0.15, 0.2) is 0 Å². The monoisotopic (exact) mass is 1170 g/mol. The number of hydrogen-bond donors (Lipinski definition) is 1. The molecule has 0 bridgehead atoms. The van der Waals surface area contributed by atoms with E-state index in [-0.39, 0.29) is 31.3 Å². The second-order valence-electron chi connectivity index (χ2n) is 23.2. The van der Waals surface area contributed by atoms with Gasteiger partial charge in [0.25, 0.3) is 7.82 Å². The van der Waals surface area contributed by atoms with E-state index in [1.165, 1.54) is 103 Å². The minimum absolute atomic E-state index is 0.0402. The van der Waals surface area contributed by atoms with Crippen LogP contribution in [0.5, 0.6) is 0 Å². The van der Waals surface area contributed by atoms with Crippen molar-refractivity contribution in [2.45, 2.75) is 277 Å². The fourth-order valence-corrected chi connectivity index (χ4v) is 9.64. The Hall–Kier alpha value is -3.85. The van der Waals surface area contributed by atoms with Crippen molar-refractivity contribution in [2.75, 3.05) is 40.9 Å². The van der Waals surface area contributed by atoms with Crippen molar-refractivity contribution in [3.8, 4) is 0 Å². The van der Waals surface area contributed by atoms with Gasteiger partial charge in [-0.1, -0.05) is 258 Å². The van der Waals surface area contributed by atoms with Gasteiger partial charge < -0.3 is 28.5 Å². The molecule has 83 heavy (non-hydrogen) atoms. The van der Waals surface area contributed by atoms with Crippen LogP contribution in [0.4, 0.5) is 0 Å². The number of ether oxygens (including phenoxy) is 1. The molecule has 0 aliphatic carbocycles. The Labute approximate surface area is 511 Å². The van der Waals surface area contributed by atoms with Crippen molar-refractivity contribution in [1.29, 1.82) is 0 Å². The summed E-state index contributed by atoms with van der Waals surface area (Å²) < 4.78 is 30.4. The third-order valence-electron chi connectivity index (χ3n) is 14.1. The van der Waals surface area contributed by atoms with Gasteiger partial charge in [-0.05, 0) is 128 Å². The maximum Gasteiger partial charge on any atom is 0.306 e. The zero-order chi connectivity index (χ0) is 60.7. The minimum atomic E-state index is -4.73. The first kappa shape index (κ1) is 79.2. The van der Waals surface area contributed by atoms with Crippen LogP contribution in [0.3, 0.4) is 0 Å². The van der Waals surface area contributed by atoms with E-state index in [0.717, 1.165) is 116 Å². The Morgan fingerprint density at radius 1 is 0.434 bits per heavy atom. The number of quaternary nitrogens is 1. The van der Waals surface area contributed by atoms with E-state index in [2.05, 4.69) is 148 Å². The minimum Gasteiger partial charge on any atom is -0.756 e. The molecular formula is C73H125N2O7P. The summed E-state index contributed by atoms with van der Waals surface area (Å²) in [4.78, 5) is 40.1. The molecule has 0 aliphatic rings. The van der Waals surface area contributed by atoms with Crippen LogP contribution in [0.2, 0.25) is 0 Å². The number of rotatable bonds is 59. The molecule has 0 aromatic rings. The zero-order valence-electron chi connectivity index (χ0n) is 54.1. The van der Waals surface area contributed by atoms with Crippen molar-refractivity contribution in [2.24, 2.45) is 0 Å². The van der Waals surface area contributed by atoms with E-state index in [4.69, 9.17) is 13.8 Å². The number of carbonyl (C=O) groups excluding carboxylic acids is 2. The van der Waals surface area contributed by atoms with E-state index in [9.17, 15) is 19.0 Å². The lowest BCUT2D eigenvalue weighted by Crippen LogP contribution is -2.47. The van der Waals surface area contributed by atoms with Gasteiger partial charge in [-0.2, -0.15) is 0 Å². The van der Waals surface area contributed by atoms with Crippen LogP contribution in [-0.4, -0.2) is 69.4 Å². The molecule has 1 N–H and O–H groups in total. The molecule has 474 valence electrons. The third kappa shape index (κ3) is 62.5. The average Bonchev–Trinajstić information content (AvgIpc) is 3.46. The maximum atomic E-state index is 13.6. The summed E-state index contributed by atoms with van der Waals surface area (Å²) in [6, 6.07) is -0.927. The lowest BCUT2D eigenvalue weighted by atomic mass is 10.0. The molecule has 0 aromatic heterocycles. The van der Waals surface area contributed by atoms with Crippen molar-refractivity contribution in [1.82, 2.24) is 5.32 Å². The topological polar surface area (TPSA) is 114 Å². The predicted molar refractivity (Wildman–Crippen MR) is 357 cm³/mol. The first-order valence-corrected chi connectivity index (χ1v) is 35.0. The van der Waals surface area contributed by atoms with Gasteiger partial charge in [-0.25, -0.2) is 0 Å². The Bertz CT molecular complexity index is 1880. The number of nitrogens with zero attached hydrogens (tertiary/aromatic N) is 1. The van der Waals surface area contributed by atoms with E-state index in [1.807, 2.05) is 33.3 Å². The molecule has 0 aromatic carbocycles. The second kappa shape index (κ2) is 61.2. The van der Waals surface area contributed by atoms with Crippen molar-refractivity contribution >= 4 is 19.7 Å². The fourth-order valence-electron chi connectivity index (χ4n) is 8.92. The van der Waals surface area contributed by atoms with Crippen LogP contribution >= 0.6 is 7.82 Å². The number of phosphoric acid groups is 1. The highest BCUT2D eigenvalue weighted by molar-refractivity contribution is 7.45. The lowest BCUT2D eigenvalue weighted by Gasteiger charge is -2.30. The molecule has 3 unspecified atom stereocenters. The lowest BCUT2D eigenvalue weighted by molar-refractivity contribution is -0.870. The molecule has 9 nitrogen and oxygen atoms in total. The molecule has 1 amide bonds. The number of nitrogens with one attached hydrogen (secondary N) is 1. The summed E-state index contributed by atoms with van der Waals surface area (Å²) in [6.07, 6.45) is 87.1. The van der Waals surface area contributed by atoms with Crippen LogP contribution in [0, 0.1) is 0 Å². The van der Waals surface area contributed by atoms with Crippen LogP contribution in [0.1, 0.15) is 265 Å². The average molecular weight is 1170 g/mol. The van der Waals surface area contributed by atoms with Gasteiger partial charge in [-0.15, -0.1) is 0 Å². The number of unbranched alkanes of at least 4 members (excludes halogenated alkanes) is 23. The van der Waals surface area contributed by atoms with E-state index < -0.39 is 26.6 Å². The maximum absolute atomic E-state index is 13.6. The zero-order valence-corrected chi connectivity index (χ0v) is 55.0. The Morgan fingerprint density at radius 3 is 1.19 bits per heavy atom. The van der Waals surface area contributed by atoms with Gasteiger partial charge in [0.2, 0.25) is 5.91 Å². The van der Waals surface area contributed by atoms with Gasteiger partial charge in [-0.3, -0.25) is 14.2 Å². The van der Waals surface area contributed by atoms with E-state index >= 15 is 0 Å². The second-order valence-corrected chi connectivity index (χ2v) is 24.6. The largest absolute Gasteiger partial charge is 0.756 e. The van der Waals surface area contributed by atoms with Crippen LogP contribution in [0.15, 0.2) is 134 Å². The Morgan fingerprint density at radius 2 is 0.771 bits per heavy atom. The quantitative estimate of drug-likeness (QED) is 0.0212. The smallest absolute Gasteiger partial charge is 0.306 e. The van der Waals surface area contributed by atoms with Crippen molar-refractivity contribution in [3.63, 3.8) is 0 Å². The van der Waals surface area contributed by atoms with Gasteiger partial charge >= 0.3 is 5.97 Å². The Balaban J connectivity index is 5.32. The van der Waals surface area contributed by atoms with E-state index in [1.54, 1.807) is 0 Å². The highest BCUT2D eigenvalue weighted by atomic mass is 31.2. The Kier molecular flexibility index (Phi) is 58.4. The molecule has 10 heteroatoms. The first-order valence-electron chi connectivity index (χ1n) is 33.5. The summed E-state index contributed by atoms with van der Waals surface area (Å²) in [5, 5.41) is 3.01. The summed E-state index contributed by atoms with van der Waals surface area (Å²) in [7, 11) is 1.13. The standard InChI is InChI=1S/C73H125N2O7P/c1-7-10-13-16-19-22-25-28-30-32-34-36-37-39-41-43-45-48-51-54-57-60-63-66-73(77)82-71(64-61-58-55-52-49-46-27-24-21-18-15-12-9-3)70(69-81-83(78,79)80-68-67-75(4,5)6)74-72(76)65-62-59-56-53-50-47-44-42-40-38-35-33-31-29-26-23-20-17-14-11-8-2/h11,14,19-20,22-23,28-31,34-36,38-39,41-42,44,50,53,61,64,70-71H,7-10,12-13,15-18,21,24-27,32-33,37,40,43,45-49,51-52,54-60,62-63,65-69H2,1-6H3,(H-,74,76,78,79)/b14-11-,22-19-,23-20-,30-28-,31-29-,36-34-,38-35-,41-39-,44-42-,53-50-,64-61+. The predicted octanol–water partition coefficient (Wildman–Crippen LogP) is 20.6. The molecule has 0 aliphatic heterocycles. The van der Waals surface area contributed by atoms with Crippen LogP contribution in [0.25, 0.3) is 0 Å². The number of carbonyl (C=O) groups is 2. The normalized spacial score (nSPS) is 14.4. The molecule has 0 saturated carbocycles. The number of likely N-dealkylation sites (N-methyl/N-ethyl adjacent to an activating group) is 1. The van der Waals surface area contributed by atoms with Crippen molar-refractivity contribution in [3.05, 3.63) is 134 Å². The van der Waals surface area contributed by atoms with Crippen LogP contribution < -0.4 is 10.2 Å². The first-order chi connectivity index (χ1) is 40.4. The highest BCUT2D eigenvalue weighted by Gasteiger charge is 2.27. The van der Waals surface area contributed by atoms with Crippen LogP contribution in [-0.2, 0) is 27.9 Å². The summed E-state index contributed by atoms with van der Waals surface area (Å²) in [5.41, 5.74) is 0. The number of hydrogen-bond acceptors (Lipinski definition) is 7. The van der Waals surface area contributed by atoms with Gasteiger partial charge in [0, 0.05) is 12.8 Å². The van der Waals surface area contributed by atoms with Gasteiger partial charge in [0.05, 0.1) is 33.8 Å². The fraction of sp³-hybridized carbons (Fsp3) is 0.671. The number of amides is 1. The number of phosphoric ester groups is 1. The summed E-state index contributed by atoms with van der Waals surface area (Å²) in [6.45, 7) is 6.65. The molecule has 0 saturated heterocycles. The molecule has 0 spiro atoms. The molecule has 0 heterocycles. The van der Waals surface area contributed by atoms with Crippen molar-refractivity contribution < 1.29 is 37.3 Å². The summed E-state index contributed by atoms with van der Waals surface area (Å²) in [5.74, 6) is -0.611.